The summed E-state index contributed by atoms with van der Waals surface area (Å²) in [5, 5.41) is 0. The van der Waals surface area contributed by atoms with Crippen LogP contribution in [-0.2, 0) is 14.2 Å². The highest BCUT2D eigenvalue weighted by Gasteiger charge is 2.38. The number of likely N-dealkylation sites (tertiary alicyclic amines) is 1. The van der Waals surface area contributed by atoms with Crippen LogP contribution in [0.2, 0.25) is 0 Å². The number of amides is 1. The topological polar surface area (TPSA) is 48.0 Å². The molecule has 0 saturated carbocycles. The Balaban J connectivity index is 1.90. The summed E-state index contributed by atoms with van der Waals surface area (Å²) in [5.41, 5.74) is -0.667. The fourth-order valence-electron chi connectivity index (χ4n) is 3.30. The summed E-state index contributed by atoms with van der Waals surface area (Å²) >= 11 is 0. The van der Waals surface area contributed by atoms with Crippen molar-refractivity contribution < 1.29 is 19.0 Å². The van der Waals surface area contributed by atoms with Gasteiger partial charge in [-0.2, -0.15) is 0 Å². The van der Waals surface area contributed by atoms with Crippen molar-refractivity contribution in [2.75, 3.05) is 32.9 Å². The lowest BCUT2D eigenvalue weighted by atomic mass is 9.89. The molecule has 1 atom stereocenters. The fourth-order valence-corrected chi connectivity index (χ4v) is 3.30. The number of hydrogen-bond acceptors (Lipinski definition) is 4. The molecule has 1 amide bonds. The SMILES string of the molecule is CCC1(OCC2CCOCC2)CCCN(C(=O)OC(C)(C)C)C1. The maximum absolute atomic E-state index is 12.4. The maximum Gasteiger partial charge on any atom is 0.410 e. The van der Waals surface area contributed by atoms with E-state index in [1.807, 2.05) is 25.7 Å². The Kier molecular flexibility index (Phi) is 6.32. The van der Waals surface area contributed by atoms with Gasteiger partial charge in [-0.15, -0.1) is 0 Å². The van der Waals surface area contributed by atoms with E-state index in [2.05, 4.69) is 6.92 Å². The van der Waals surface area contributed by atoms with E-state index in [0.717, 1.165) is 58.5 Å². The largest absolute Gasteiger partial charge is 0.444 e. The van der Waals surface area contributed by atoms with Gasteiger partial charge in [0.15, 0.2) is 0 Å². The van der Waals surface area contributed by atoms with Crippen molar-refractivity contribution >= 4 is 6.09 Å². The van der Waals surface area contributed by atoms with E-state index >= 15 is 0 Å². The molecule has 134 valence electrons. The van der Waals surface area contributed by atoms with Gasteiger partial charge in [-0.05, 0) is 58.8 Å². The van der Waals surface area contributed by atoms with Crippen LogP contribution in [0.3, 0.4) is 0 Å². The van der Waals surface area contributed by atoms with Crippen LogP contribution in [0.15, 0.2) is 0 Å². The number of nitrogens with zero attached hydrogens (tertiary/aromatic N) is 1. The molecule has 1 unspecified atom stereocenters. The van der Waals surface area contributed by atoms with Crippen LogP contribution in [0.5, 0.6) is 0 Å². The normalized spacial score (nSPS) is 27.0. The molecule has 23 heavy (non-hydrogen) atoms. The molecule has 2 saturated heterocycles. The van der Waals surface area contributed by atoms with Crippen LogP contribution in [0, 0.1) is 5.92 Å². The van der Waals surface area contributed by atoms with E-state index in [4.69, 9.17) is 14.2 Å². The van der Waals surface area contributed by atoms with Crippen molar-refractivity contribution in [3.63, 3.8) is 0 Å². The first-order valence-electron chi connectivity index (χ1n) is 9.03. The van der Waals surface area contributed by atoms with Crippen molar-refractivity contribution in [1.29, 1.82) is 0 Å². The number of ether oxygens (including phenoxy) is 3. The van der Waals surface area contributed by atoms with Gasteiger partial charge in [0.25, 0.3) is 0 Å². The first kappa shape index (κ1) is 18.5. The number of piperidine rings is 1. The van der Waals surface area contributed by atoms with Crippen LogP contribution < -0.4 is 0 Å². The highest BCUT2D eigenvalue weighted by molar-refractivity contribution is 5.68. The quantitative estimate of drug-likeness (QED) is 0.791. The van der Waals surface area contributed by atoms with Crippen LogP contribution in [0.4, 0.5) is 4.79 Å². The number of carbonyl (C=O) groups excluding carboxylic acids is 1. The minimum Gasteiger partial charge on any atom is -0.444 e. The van der Waals surface area contributed by atoms with E-state index in [0.29, 0.717) is 12.5 Å². The average Bonchev–Trinajstić information content (AvgIpc) is 2.53. The molecule has 0 aromatic heterocycles. The zero-order valence-electron chi connectivity index (χ0n) is 15.2. The molecule has 0 aromatic carbocycles. The lowest BCUT2D eigenvalue weighted by Gasteiger charge is -2.43. The van der Waals surface area contributed by atoms with E-state index in [9.17, 15) is 4.79 Å². The summed E-state index contributed by atoms with van der Waals surface area (Å²) in [6.45, 7) is 11.7. The highest BCUT2D eigenvalue weighted by Crippen LogP contribution is 2.31. The lowest BCUT2D eigenvalue weighted by molar-refractivity contribution is -0.111. The van der Waals surface area contributed by atoms with Crippen LogP contribution in [-0.4, -0.2) is 55.1 Å². The maximum atomic E-state index is 12.4. The summed E-state index contributed by atoms with van der Waals surface area (Å²) in [7, 11) is 0. The number of hydrogen-bond donors (Lipinski definition) is 0. The van der Waals surface area contributed by atoms with Crippen LogP contribution in [0.1, 0.15) is 59.8 Å². The molecule has 2 aliphatic rings. The average molecular weight is 327 g/mol. The second-order valence-corrected chi connectivity index (χ2v) is 7.91. The van der Waals surface area contributed by atoms with Crippen molar-refractivity contribution in [2.24, 2.45) is 5.92 Å². The minimum atomic E-state index is -0.452. The molecule has 2 heterocycles. The lowest BCUT2D eigenvalue weighted by Crippen LogP contribution is -2.53. The van der Waals surface area contributed by atoms with E-state index in [1.165, 1.54) is 0 Å². The zero-order chi connectivity index (χ0) is 16.9. The molecule has 0 N–H and O–H groups in total. The molecule has 2 aliphatic heterocycles. The smallest absolute Gasteiger partial charge is 0.410 e. The van der Waals surface area contributed by atoms with Gasteiger partial charge in [-0.25, -0.2) is 4.79 Å². The summed E-state index contributed by atoms with van der Waals surface area (Å²) in [6, 6.07) is 0. The summed E-state index contributed by atoms with van der Waals surface area (Å²) in [4.78, 5) is 14.2. The Labute approximate surface area is 140 Å². The van der Waals surface area contributed by atoms with Gasteiger partial charge < -0.3 is 19.1 Å². The van der Waals surface area contributed by atoms with Gasteiger partial charge in [0, 0.05) is 19.8 Å². The van der Waals surface area contributed by atoms with E-state index in [1.54, 1.807) is 0 Å². The summed E-state index contributed by atoms with van der Waals surface area (Å²) in [5.74, 6) is 0.587. The fraction of sp³-hybridized carbons (Fsp3) is 0.944. The van der Waals surface area contributed by atoms with Crippen molar-refractivity contribution in [3.05, 3.63) is 0 Å². The second kappa shape index (κ2) is 7.84. The summed E-state index contributed by atoms with van der Waals surface area (Å²) in [6.07, 6.45) is 4.86. The van der Waals surface area contributed by atoms with Crippen molar-refractivity contribution in [1.82, 2.24) is 4.90 Å². The first-order chi connectivity index (χ1) is 10.8. The van der Waals surface area contributed by atoms with Gasteiger partial charge in [0.05, 0.1) is 18.8 Å². The van der Waals surface area contributed by atoms with Gasteiger partial charge in [0.1, 0.15) is 5.60 Å². The molecule has 0 aromatic rings. The third-order valence-corrected chi connectivity index (χ3v) is 4.80. The molecule has 2 fully saturated rings. The van der Waals surface area contributed by atoms with Crippen molar-refractivity contribution in [2.45, 2.75) is 71.0 Å². The Bertz CT molecular complexity index is 387. The molecule has 0 radical (unpaired) electrons. The van der Waals surface area contributed by atoms with Gasteiger partial charge in [0.2, 0.25) is 0 Å². The number of carbonyl (C=O) groups is 1. The Morgan fingerprint density at radius 2 is 2.00 bits per heavy atom. The molecule has 5 heteroatoms. The third kappa shape index (κ3) is 5.64. The predicted molar refractivity (Wildman–Crippen MR) is 89.6 cm³/mol. The summed E-state index contributed by atoms with van der Waals surface area (Å²) < 4.78 is 17.3. The first-order valence-corrected chi connectivity index (χ1v) is 9.03. The molecular weight excluding hydrogens is 294 g/mol. The molecule has 5 nitrogen and oxygen atoms in total. The Morgan fingerprint density at radius 3 is 2.61 bits per heavy atom. The van der Waals surface area contributed by atoms with Gasteiger partial charge >= 0.3 is 6.09 Å². The second-order valence-electron chi connectivity index (χ2n) is 7.91. The van der Waals surface area contributed by atoms with E-state index in [-0.39, 0.29) is 11.7 Å². The standard InChI is InChI=1S/C18H33NO4/c1-5-18(22-13-15-7-11-21-12-8-15)9-6-10-19(14-18)16(20)23-17(2,3)4/h15H,5-14H2,1-4H3. The van der Waals surface area contributed by atoms with Crippen LogP contribution >= 0.6 is 0 Å². The molecule has 0 aliphatic carbocycles. The van der Waals surface area contributed by atoms with Gasteiger partial charge in [-0.3, -0.25) is 0 Å². The number of rotatable bonds is 4. The van der Waals surface area contributed by atoms with E-state index < -0.39 is 5.60 Å². The molecule has 0 bridgehead atoms. The Hall–Kier alpha value is -0.810. The van der Waals surface area contributed by atoms with Gasteiger partial charge in [-0.1, -0.05) is 6.92 Å². The molecular formula is C18H33NO4. The Morgan fingerprint density at radius 1 is 1.30 bits per heavy atom. The third-order valence-electron chi connectivity index (χ3n) is 4.80. The minimum absolute atomic E-state index is 0.215. The highest BCUT2D eigenvalue weighted by atomic mass is 16.6. The molecule has 2 rings (SSSR count). The molecule has 0 spiro atoms. The zero-order valence-corrected chi connectivity index (χ0v) is 15.2. The van der Waals surface area contributed by atoms with Crippen LogP contribution in [0.25, 0.3) is 0 Å². The predicted octanol–water partition coefficient (Wildman–Crippen LogP) is 3.61. The monoisotopic (exact) mass is 327 g/mol. The van der Waals surface area contributed by atoms with Crippen molar-refractivity contribution in [3.8, 4) is 0 Å².